The lowest BCUT2D eigenvalue weighted by Crippen LogP contribution is -1.84. The van der Waals surface area contributed by atoms with Crippen LogP contribution in [0.5, 0.6) is 5.75 Å². The van der Waals surface area contributed by atoms with Gasteiger partial charge >= 0.3 is 0 Å². The summed E-state index contributed by atoms with van der Waals surface area (Å²) < 4.78 is 10.5. The van der Waals surface area contributed by atoms with E-state index in [0.29, 0.717) is 11.7 Å². The van der Waals surface area contributed by atoms with Gasteiger partial charge in [-0.1, -0.05) is 11.2 Å². The summed E-state index contributed by atoms with van der Waals surface area (Å²) in [5.74, 6) is 1.86. The standard InChI is InChI=1S/C17H13N3O2/c1-21-14-6-4-12(5-7-14)16-19-17(22-20-16)13-3-2-11-8-9-18-15(11)10-13/h2-10,18H,1H3. The third kappa shape index (κ3) is 2.13. The third-order valence-corrected chi connectivity index (χ3v) is 3.58. The number of hydrogen-bond donors (Lipinski definition) is 1. The first-order valence-corrected chi connectivity index (χ1v) is 6.89. The number of benzene rings is 2. The predicted molar refractivity (Wildman–Crippen MR) is 83.6 cm³/mol. The van der Waals surface area contributed by atoms with Crippen molar-refractivity contribution in [3.05, 3.63) is 54.7 Å². The van der Waals surface area contributed by atoms with Crippen LogP contribution in [-0.4, -0.2) is 22.2 Å². The van der Waals surface area contributed by atoms with E-state index in [0.717, 1.165) is 27.8 Å². The molecule has 4 aromatic rings. The van der Waals surface area contributed by atoms with Gasteiger partial charge in [-0.25, -0.2) is 0 Å². The van der Waals surface area contributed by atoms with Crippen LogP contribution in [0.15, 0.2) is 59.3 Å². The number of aromatic nitrogens is 3. The molecule has 0 radical (unpaired) electrons. The molecule has 4 rings (SSSR count). The van der Waals surface area contributed by atoms with Crippen LogP contribution in [0, 0.1) is 0 Å². The summed E-state index contributed by atoms with van der Waals surface area (Å²) >= 11 is 0. The summed E-state index contributed by atoms with van der Waals surface area (Å²) in [6.45, 7) is 0. The number of ether oxygens (including phenoxy) is 1. The minimum absolute atomic E-state index is 0.502. The molecular weight excluding hydrogens is 278 g/mol. The van der Waals surface area contributed by atoms with Crippen molar-refractivity contribution in [3.63, 3.8) is 0 Å². The molecule has 0 bridgehead atoms. The highest BCUT2D eigenvalue weighted by atomic mass is 16.5. The van der Waals surface area contributed by atoms with Gasteiger partial charge in [0.05, 0.1) is 7.11 Å². The molecule has 2 aromatic heterocycles. The van der Waals surface area contributed by atoms with Gasteiger partial charge in [0, 0.05) is 22.8 Å². The smallest absolute Gasteiger partial charge is 0.258 e. The lowest BCUT2D eigenvalue weighted by atomic mass is 10.1. The van der Waals surface area contributed by atoms with Gasteiger partial charge in [0.25, 0.3) is 5.89 Å². The summed E-state index contributed by atoms with van der Waals surface area (Å²) in [6.07, 6.45) is 1.91. The van der Waals surface area contributed by atoms with E-state index in [-0.39, 0.29) is 0 Å². The largest absolute Gasteiger partial charge is 0.497 e. The summed E-state index contributed by atoms with van der Waals surface area (Å²) in [6, 6.07) is 15.6. The van der Waals surface area contributed by atoms with Crippen molar-refractivity contribution < 1.29 is 9.26 Å². The minimum atomic E-state index is 0.502. The lowest BCUT2D eigenvalue weighted by molar-refractivity contribution is 0.415. The normalized spacial score (nSPS) is 11.0. The Morgan fingerprint density at radius 1 is 1.00 bits per heavy atom. The van der Waals surface area contributed by atoms with Gasteiger partial charge in [-0.05, 0) is 47.9 Å². The van der Waals surface area contributed by atoms with Gasteiger partial charge in [-0.2, -0.15) is 4.98 Å². The molecule has 0 aliphatic rings. The second kappa shape index (κ2) is 5.04. The average Bonchev–Trinajstić information content (AvgIpc) is 3.23. The molecule has 0 spiro atoms. The van der Waals surface area contributed by atoms with E-state index < -0.39 is 0 Å². The maximum atomic E-state index is 5.38. The molecule has 2 aromatic carbocycles. The fraction of sp³-hybridized carbons (Fsp3) is 0.0588. The van der Waals surface area contributed by atoms with Gasteiger partial charge in [-0.15, -0.1) is 0 Å². The first-order valence-electron chi connectivity index (χ1n) is 6.89. The molecule has 0 aliphatic heterocycles. The number of nitrogens with one attached hydrogen (secondary N) is 1. The molecule has 0 amide bonds. The average molecular weight is 291 g/mol. The molecule has 0 saturated carbocycles. The Morgan fingerprint density at radius 2 is 1.82 bits per heavy atom. The Balaban J connectivity index is 1.70. The van der Waals surface area contributed by atoms with Gasteiger partial charge in [0.15, 0.2) is 0 Å². The first kappa shape index (κ1) is 12.6. The van der Waals surface area contributed by atoms with Crippen molar-refractivity contribution in [1.29, 1.82) is 0 Å². The van der Waals surface area contributed by atoms with Crippen molar-refractivity contribution in [3.8, 4) is 28.6 Å². The number of nitrogens with zero attached hydrogens (tertiary/aromatic N) is 2. The zero-order valence-corrected chi connectivity index (χ0v) is 11.9. The van der Waals surface area contributed by atoms with Crippen LogP contribution in [0.2, 0.25) is 0 Å². The van der Waals surface area contributed by atoms with E-state index in [1.165, 1.54) is 0 Å². The monoisotopic (exact) mass is 291 g/mol. The van der Waals surface area contributed by atoms with Gasteiger partial charge in [-0.3, -0.25) is 0 Å². The van der Waals surface area contributed by atoms with Crippen LogP contribution in [-0.2, 0) is 0 Å². The fourth-order valence-corrected chi connectivity index (χ4v) is 2.38. The summed E-state index contributed by atoms with van der Waals surface area (Å²) in [7, 11) is 1.64. The number of methoxy groups -OCH3 is 1. The molecule has 108 valence electrons. The Morgan fingerprint density at radius 3 is 2.64 bits per heavy atom. The second-order valence-electron chi connectivity index (χ2n) is 4.93. The second-order valence-corrected chi connectivity index (χ2v) is 4.93. The van der Waals surface area contributed by atoms with Gasteiger partial charge in [0.1, 0.15) is 5.75 Å². The Bertz CT molecular complexity index is 922. The highest BCUT2D eigenvalue weighted by molar-refractivity contribution is 5.83. The van der Waals surface area contributed by atoms with E-state index in [2.05, 4.69) is 15.1 Å². The van der Waals surface area contributed by atoms with Crippen LogP contribution < -0.4 is 4.74 Å². The molecule has 0 fully saturated rings. The van der Waals surface area contributed by atoms with E-state index in [1.54, 1.807) is 7.11 Å². The summed E-state index contributed by atoms with van der Waals surface area (Å²) in [5, 5.41) is 5.20. The number of aromatic amines is 1. The van der Waals surface area contributed by atoms with Gasteiger partial charge < -0.3 is 14.2 Å². The maximum Gasteiger partial charge on any atom is 0.258 e. The Kier molecular flexibility index (Phi) is 2.89. The SMILES string of the molecule is COc1ccc(-c2noc(-c3ccc4cc[nH]c4c3)n2)cc1. The Hall–Kier alpha value is -3.08. The number of rotatable bonds is 3. The third-order valence-electron chi connectivity index (χ3n) is 3.58. The van der Waals surface area contributed by atoms with Crippen LogP contribution in [0.1, 0.15) is 0 Å². The van der Waals surface area contributed by atoms with Crippen LogP contribution in [0.25, 0.3) is 33.7 Å². The highest BCUT2D eigenvalue weighted by Crippen LogP contribution is 2.25. The summed E-state index contributed by atoms with van der Waals surface area (Å²) in [5.41, 5.74) is 2.82. The van der Waals surface area contributed by atoms with E-state index in [4.69, 9.17) is 9.26 Å². The number of hydrogen-bond acceptors (Lipinski definition) is 4. The van der Waals surface area contributed by atoms with E-state index in [1.807, 2.05) is 54.7 Å². The first-order chi connectivity index (χ1) is 10.8. The zero-order valence-electron chi connectivity index (χ0n) is 11.9. The van der Waals surface area contributed by atoms with Crippen molar-refractivity contribution in [2.24, 2.45) is 0 Å². The van der Waals surface area contributed by atoms with E-state index in [9.17, 15) is 0 Å². The van der Waals surface area contributed by atoms with Crippen LogP contribution in [0.3, 0.4) is 0 Å². The lowest BCUT2D eigenvalue weighted by Gasteiger charge is -1.99. The quantitative estimate of drug-likeness (QED) is 0.622. The van der Waals surface area contributed by atoms with Crippen LogP contribution >= 0.6 is 0 Å². The molecular formula is C17H13N3O2. The fourth-order valence-electron chi connectivity index (χ4n) is 2.38. The molecule has 0 saturated heterocycles. The molecule has 0 atom stereocenters. The molecule has 0 unspecified atom stereocenters. The van der Waals surface area contributed by atoms with E-state index >= 15 is 0 Å². The highest BCUT2D eigenvalue weighted by Gasteiger charge is 2.11. The van der Waals surface area contributed by atoms with Crippen molar-refractivity contribution in [2.45, 2.75) is 0 Å². The van der Waals surface area contributed by atoms with Crippen LogP contribution in [0.4, 0.5) is 0 Å². The van der Waals surface area contributed by atoms with Crippen molar-refractivity contribution in [1.82, 2.24) is 15.1 Å². The van der Waals surface area contributed by atoms with Gasteiger partial charge in [0.2, 0.25) is 5.82 Å². The van der Waals surface area contributed by atoms with Crippen molar-refractivity contribution in [2.75, 3.05) is 7.11 Å². The molecule has 22 heavy (non-hydrogen) atoms. The van der Waals surface area contributed by atoms with Crippen molar-refractivity contribution >= 4 is 10.9 Å². The maximum absolute atomic E-state index is 5.38. The summed E-state index contributed by atoms with van der Waals surface area (Å²) in [4.78, 5) is 7.64. The molecule has 5 heteroatoms. The minimum Gasteiger partial charge on any atom is -0.497 e. The molecule has 0 aliphatic carbocycles. The molecule has 5 nitrogen and oxygen atoms in total. The number of H-pyrrole nitrogens is 1. The number of fused-ring (bicyclic) bond motifs is 1. The molecule has 1 N–H and O–H groups in total. The molecule has 2 heterocycles. The zero-order chi connectivity index (χ0) is 14.9. The topological polar surface area (TPSA) is 63.9 Å². The Labute approximate surface area is 126 Å². The predicted octanol–water partition coefficient (Wildman–Crippen LogP) is 3.89.